The number of hydrogen-bond donors (Lipinski definition) is 0. The van der Waals surface area contributed by atoms with Crippen molar-refractivity contribution < 1.29 is 28.6 Å². The van der Waals surface area contributed by atoms with Gasteiger partial charge in [0, 0.05) is 51.9 Å². The number of nitrogens with zero attached hydrogens (tertiary/aromatic N) is 4. The molecule has 0 radical (unpaired) electrons. The van der Waals surface area contributed by atoms with E-state index in [9.17, 15) is 14.4 Å². The lowest BCUT2D eigenvalue weighted by Crippen LogP contribution is -2.50. The number of amides is 2. The van der Waals surface area contributed by atoms with Gasteiger partial charge in [-0.15, -0.1) is 0 Å². The van der Waals surface area contributed by atoms with Crippen LogP contribution in [0.4, 0.5) is 9.59 Å². The first kappa shape index (κ1) is 23.6. The van der Waals surface area contributed by atoms with E-state index in [1.165, 1.54) is 7.11 Å². The van der Waals surface area contributed by atoms with Crippen LogP contribution in [0.2, 0.25) is 0 Å². The molecule has 0 aromatic heterocycles. The fraction of sp³-hybridized carbons (Fsp3) is 0.857. The Kier molecular flexibility index (Phi) is 7.64. The Morgan fingerprint density at radius 3 is 2.23 bits per heavy atom. The average Bonchev–Trinajstić information content (AvgIpc) is 3.08. The molecular weight excluding hydrogens is 404 g/mol. The van der Waals surface area contributed by atoms with E-state index in [-0.39, 0.29) is 30.3 Å². The van der Waals surface area contributed by atoms with E-state index in [0.29, 0.717) is 32.7 Å². The lowest BCUT2D eigenvalue weighted by atomic mass is 10.0. The summed E-state index contributed by atoms with van der Waals surface area (Å²) in [5.41, 5.74) is -0.509. The third-order valence-corrected chi connectivity index (χ3v) is 5.97. The van der Waals surface area contributed by atoms with Crippen LogP contribution in [0, 0.1) is 0 Å². The van der Waals surface area contributed by atoms with Crippen LogP contribution in [0.5, 0.6) is 0 Å². The minimum absolute atomic E-state index is 0.0908. The third kappa shape index (κ3) is 6.70. The highest BCUT2D eigenvalue weighted by atomic mass is 16.6. The molecule has 10 heteroatoms. The lowest BCUT2D eigenvalue weighted by Gasteiger charge is -2.36. The zero-order chi connectivity index (χ0) is 22.6. The molecule has 3 saturated heterocycles. The first-order valence-electron chi connectivity index (χ1n) is 11.1. The van der Waals surface area contributed by atoms with Crippen molar-refractivity contribution >= 4 is 18.2 Å². The molecule has 0 aliphatic carbocycles. The fourth-order valence-corrected chi connectivity index (χ4v) is 4.29. The number of likely N-dealkylation sites (tertiary alicyclic amines) is 1. The Bertz CT molecular complexity index is 651. The smallest absolute Gasteiger partial charge is 0.410 e. The van der Waals surface area contributed by atoms with Gasteiger partial charge in [-0.1, -0.05) is 0 Å². The fourth-order valence-electron chi connectivity index (χ4n) is 4.29. The number of esters is 1. The zero-order valence-corrected chi connectivity index (χ0v) is 19.2. The number of carbonyl (C=O) groups is 3. The molecule has 31 heavy (non-hydrogen) atoms. The molecule has 0 aromatic carbocycles. The van der Waals surface area contributed by atoms with E-state index < -0.39 is 5.60 Å². The summed E-state index contributed by atoms with van der Waals surface area (Å²) in [6, 6.07) is 0.0908. The van der Waals surface area contributed by atoms with Crippen LogP contribution in [0.3, 0.4) is 0 Å². The van der Waals surface area contributed by atoms with Crippen LogP contribution in [-0.2, 0) is 19.0 Å². The van der Waals surface area contributed by atoms with Crippen LogP contribution in [-0.4, -0.2) is 122 Å². The Morgan fingerprint density at radius 2 is 1.65 bits per heavy atom. The standard InChI is InChI=1S/C21H36N4O6/c1-21(2,3)31-19(27)24-7-5-16(6-8-24)25-14-17(30-20(25)28)13-22-9-11-23(12-10-22)15-18(26)29-4/h16-17H,5-15H2,1-4H3. The van der Waals surface area contributed by atoms with E-state index >= 15 is 0 Å². The van der Waals surface area contributed by atoms with Crippen molar-refractivity contribution in [3.05, 3.63) is 0 Å². The molecule has 10 nitrogen and oxygen atoms in total. The molecule has 3 aliphatic heterocycles. The van der Waals surface area contributed by atoms with Gasteiger partial charge < -0.3 is 24.0 Å². The van der Waals surface area contributed by atoms with Crippen molar-refractivity contribution in [1.29, 1.82) is 0 Å². The van der Waals surface area contributed by atoms with E-state index in [1.54, 1.807) is 4.90 Å². The van der Waals surface area contributed by atoms with Crippen LogP contribution >= 0.6 is 0 Å². The Labute approximate surface area is 184 Å². The van der Waals surface area contributed by atoms with Crippen molar-refractivity contribution in [1.82, 2.24) is 19.6 Å². The molecule has 0 bridgehead atoms. The largest absolute Gasteiger partial charge is 0.468 e. The monoisotopic (exact) mass is 440 g/mol. The highest BCUT2D eigenvalue weighted by Crippen LogP contribution is 2.24. The summed E-state index contributed by atoms with van der Waals surface area (Å²) in [5, 5.41) is 0. The van der Waals surface area contributed by atoms with Gasteiger partial charge in [0.25, 0.3) is 0 Å². The van der Waals surface area contributed by atoms with Gasteiger partial charge in [0.15, 0.2) is 0 Å². The van der Waals surface area contributed by atoms with Gasteiger partial charge in [-0.3, -0.25) is 14.6 Å². The summed E-state index contributed by atoms with van der Waals surface area (Å²) in [7, 11) is 1.40. The van der Waals surface area contributed by atoms with E-state index in [0.717, 1.165) is 39.0 Å². The van der Waals surface area contributed by atoms with Crippen LogP contribution < -0.4 is 0 Å². The molecule has 3 rings (SSSR count). The molecule has 3 fully saturated rings. The predicted molar refractivity (Wildman–Crippen MR) is 113 cm³/mol. The third-order valence-electron chi connectivity index (χ3n) is 5.97. The van der Waals surface area contributed by atoms with Gasteiger partial charge >= 0.3 is 18.2 Å². The first-order chi connectivity index (χ1) is 14.6. The summed E-state index contributed by atoms with van der Waals surface area (Å²) in [4.78, 5) is 44.0. The number of piperidine rings is 1. The predicted octanol–water partition coefficient (Wildman–Crippen LogP) is 0.997. The first-order valence-corrected chi connectivity index (χ1v) is 11.1. The van der Waals surface area contributed by atoms with Crippen molar-refractivity contribution in [3.8, 4) is 0 Å². The quantitative estimate of drug-likeness (QED) is 0.462. The second kappa shape index (κ2) is 10.0. The SMILES string of the molecule is COC(=O)CN1CCN(CC2CN(C3CCN(C(=O)OC(C)(C)C)CC3)C(=O)O2)CC1. The summed E-state index contributed by atoms with van der Waals surface area (Å²) in [6.45, 7) is 11.6. The molecule has 0 aromatic rings. The second-order valence-electron chi connectivity index (χ2n) is 9.51. The zero-order valence-electron chi connectivity index (χ0n) is 19.2. The van der Waals surface area contributed by atoms with Gasteiger partial charge in [-0.05, 0) is 33.6 Å². The Morgan fingerprint density at radius 1 is 1.03 bits per heavy atom. The van der Waals surface area contributed by atoms with Crippen LogP contribution in [0.15, 0.2) is 0 Å². The number of piperazine rings is 1. The maximum atomic E-state index is 12.5. The summed E-state index contributed by atoms with van der Waals surface area (Å²) in [5.74, 6) is -0.216. The van der Waals surface area contributed by atoms with Gasteiger partial charge in [-0.2, -0.15) is 0 Å². The van der Waals surface area contributed by atoms with Gasteiger partial charge in [0.2, 0.25) is 0 Å². The number of cyclic esters (lactones) is 1. The maximum absolute atomic E-state index is 12.5. The number of ether oxygens (including phenoxy) is 3. The topological polar surface area (TPSA) is 91.9 Å². The highest BCUT2D eigenvalue weighted by Gasteiger charge is 2.39. The molecule has 3 heterocycles. The van der Waals surface area contributed by atoms with Crippen molar-refractivity contribution in [2.24, 2.45) is 0 Å². The molecule has 1 unspecified atom stereocenters. The molecule has 176 valence electrons. The number of carbonyl (C=O) groups excluding carboxylic acids is 3. The lowest BCUT2D eigenvalue weighted by molar-refractivity contribution is -0.142. The molecule has 3 aliphatic rings. The second-order valence-corrected chi connectivity index (χ2v) is 9.51. The van der Waals surface area contributed by atoms with E-state index in [1.807, 2.05) is 25.7 Å². The van der Waals surface area contributed by atoms with E-state index in [4.69, 9.17) is 14.2 Å². The average molecular weight is 441 g/mol. The summed E-state index contributed by atoms with van der Waals surface area (Å²) in [6.07, 6.45) is 0.758. The molecule has 1 atom stereocenters. The highest BCUT2D eigenvalue weighted by molar-refractivity contribution is 5.71. The van der Waals surface area contributed by atoms with E-state index in [2.05, 4.69) is 9.80 Å². The molecule has 0 saturated carbocycles. The van der Waals surface area contributed by atoms with Gasteiger partial charge in [-0.25, -0.2) is 9.59 Å². The molecule has 2 amide bonds. The van der Waals surface area contributed by atoms with Crippen molar-refractivity contribution in [2.45, 2.75) is 51.4 Å². The van der Waals surface area contributed by atoms with Gasteiger partial charge in [0.1, 0.15) is 11.7 Å². The Balaban J connectivity index is 1.40. The minimum Gasteiger partial charge on any atom is -0.468 e. The number of methoxy groups -OCH3 is 1. The Hall–Kier alpha value is -2.07. The number of rotatable bonds is 5. The molecular formula is C21H36N4O6. The summed E-state index contributed by atoms with van der Waals surface area (Å²) < 4.78 is 15.8. The molecule has 0 spiro atoms. The van der Waals surface area contributed by atoms with Crippen molar-refractivity contribution in [2.75, 3.05) is 66.0 Å². The minimum atomic E-state index is -0.509. The van der Waals surface area contributed by atoms with Gasteiger partial charge in [0.05, 0.1) is 20.2 Å². The normalized spacial score (nSPS) is 24.3. The van der Waals surface area contributed by atoms with Crippen LogP contribution in [0.1, 0.15) is 33.6 Å². The maximum Gasteiger partial charge on any atom is 0.410 e. The molecule has 0 N–H and O–H groups in total. The number of hydrogen-bond acceptors (Lipinski definition) is 8. The summed E-state index contributed by atoms with van der Waals surface area (Å²) >= 11 is 0. The van der Waals surface area contributed by atoms with Crippen LogP contribution in [0.25, 0.3) is 0 Å². The van der Waals surface area contributed by atoms with Crippen molar-refractivity contribution in [3.63, 3.8) is 0 Å².